The summed E-state index contributed by atoms with van der Waals surface area (Å²) in [6.07, 6.45) is 1.90. The van der Waals surface area contributed by atoms with Crippen molar-refractivity contribution in [1.82, 2.24) is 4.31 Å². The van der Waals surface area contributed by atoms with Crippen LogP contribution < -0.4 is 0 Å². The van der Waals surface area contributed by atoms with Crippen LogP contribution in [0, 0.1) is 6.92 Å². The normalized spacial score (nSPS) is 12.3. The zero-order valence-corrected chi connectivity index (χ0v) is 13.6. The molecule has 3 nitrogen and oxygen atoms in total. The molecule has 0 atom stereocenters. The molecule has 0 aliphatic carbocycles. The van der Waals surface area contributed by atoms with E-state index in [4.69, 9.17) is 0 Å². The molecule has 0 aliphatic heterocycles. The molecule has 1 aromatic rings. The fourth-order valence-corrected chi connectivity index (χ4v) is 5.34. The Labute approximate surface area is 116 Å². The summed E-state index contributed by atoms with van der Waals surface area (Å²) in [5.74, 6) is 0. The second-order valence-corrected chi connectivity index (χ2v) is 8.41. The van der Waals surface area contributed by atoms with Gasteiger partial charge in [-0.15, -0.1) is 11.3 Å². The summed E-state index contributed by atoms with van der Waals surface area (Å²) in [5, 5.41) is 0. The number of aryl methyl sites for hydroxylation is 1. The van der Waals surface area contributed by atoms with Gasteiger partial charge in [0, 0.05) is 13.1 Å². The third kappa shape index (κ3) is 3.53. The Morgan fingerprint density at radius 1 is 1.41 bits per heavy atom. The monoisotopic (exact) mass is 339 g/mol. The van der Waals surface area contributed by atoms with E-state index in [0.29, 0.717) is 17.3 Å². The van der Waals surface area contributed by atoms with Crippen molar-refractivity contribution >= 4 is 37.3 Å². The Morgan fingerprint density at radius 3 is 2.47 bits per heavy atom. The molecular weight excluding hydrogens is 322 g/mol. The van der Waals surface area contributed by atoms with Gasteiger partial charge in [0.2, 0.25) is 0 Å². The predicted octanol–water partition coefficient (Wildman–Crippen LogP) is 3.63. The van der Waals surface area contributed by atoms with E-state index in [-0.39, 0.29) is 0 Å². The molecule has 0 amide bonds. The first-order valence-corrected chi connectivity index (χ1v) is 8.74. The van der Waals surface area contributed by atoms with Crippen LogP contribution in [0.5, 0.6) is 0 Å². The van der Waals surface area contributed by atoms with Gasteiger partial charge in [-0.3, -0.25) is 0 Å². The van der Waals surface area contributed by atoms with E-state index in [0.717, 1.165) is 22.2 Å². The van der Waals surface area contributed by atoms with Gasteiger partial charge in [0.1, 0.15) is 4.21 Å². The number of hydrogen-bond donors (Lipinski definition) is 0. The summed E-state index contributed by atoms with van der Waals surface area (Å²) in [5.41, 5.74) is 0.972. The van der Waals surface area contributed by atoms with E-state index in [1.807, 2.05) is 13.8 Å². The lowest BCUT2D eigenvalue weighted by Gasteiger charge is -2.18. The van der Waals surface area contributed by atoms with Crippen molar-refractivity contribution in [1.29, 1.82) is 0 Å². The van der Waals surface area contributed by atoms with Crippen LogP contribution in [0.4, 0.5) is 0 Å². The largest absolute Gasteiger partial charge is 0.252 e. The molecule has 0 radical (unpaired) electrons. The number of nitrogens with zero attached hydrogens (tertiary/aromatic N) is 1. The lowest BCUT2D eigenvalue weighted by molar-refractivity contribution is 0.420. The molecule has 0 fully saturated rings. The predicted molar refractivity (Wildman–Crippen MR) is 76.1 cm³/mol. The number of hydrogen-bond acceptors (Lipinski definition) is 3. The average molecular weight is 340 g/mol. The standard InChI is InChI=1S/C11H18BrNO2S2/c1-4-6-7-13(5-2)17(14,15)10-8-9(3)11(12)16-10/h8H,4-7H2,1-3H3. The smallest absolute Gasteiger partial charge is 0.206 e. The number of halogens is 1. The van der Waals surface area contributed by atoms with Gasteiger partial charge in [0.05, 0.1) is 3.79 Å². The molecule has 0 aliphatic rings. The van der Waals surface area contributed by atoms with E-state index >= 15 is 0 Å². The van der Waals surface area contributed by atoms with Crippen LogP contribution in [0.3, 0.4) is 0 Å². The molecule has 1 heterocycles. The van der Waals surface area contributed by atoms with E-state index < -0.39 is 10.0 Å². The molecule has 0 aromatic carbocycles. The van der Waals surface area contributed by atoms with Gasteiger partial charge in [0.25, 0.3) is 10.0 Å². The fourth-order valence-electron chi connectivity index (χ4n) is 1.47. The molecule has 0 saturated heterocycles. The quantitative estimate of drug-likeness (QED) is 0.793. The van der Waals surface area contributed by atoms with Crippen LogP contribution in [-0.2, 0) is 10.0 Å². The molecule has 1 rings (SSSR count). The lowest BCUT2D eigenvalue weighted by Crippen LogP contribution is -2.31. The van der Waals surface area contributed by atoms with Gasteiger partial charge in [-0.05, 0) is 40.9 Å². The van der Waals surface area contributed by atoms with Crippen molar-refractivity contribution in [3.8, 4) is 0 Å². The Bertz CT molecular complexity index is 448. The highest BCUT2D eigenvalue weighted by atomic mass is 79.9. The first-order chi connectivity index (χ1) is 7.93. The highest BCUT2D eigenvalue weighted by molar-refractivity contribution is 9.11. The Morgan fingerprint density at radius 2 is 2.06 bits per heavy atom. The van der Waals surface area contributed by atoms with Crippen molar-refractivity contribution in [2.45, 2.75) is 37.8 Å². The summed E-state index contributed by atoms with van der Waals surface area (Å²) in [6, 6.07) is 1.73. The van der Waals surface area contributed by atoms with Gasteiger partial charge in [-0.2, -0.15) is 4.31 Å². The third-order valence-electron chi connectivity index (χ3n) is 2.54. The minimum absolute atomic E-state index is 0.430. The van der Waals surface area contributed by atoms with Gasteiger partial charge in [-0.25, -0.2) is 8.42 Å². The highest BCUT2D eigenvalue weighted by Crippen LogP contribution is 2.32. The zero-order valence-electron chi connectivity index (χ0n) is 10.4. The Balaban J connectivity index is 2.99. The van der Waals surface area contributed by atoms with Crippen molar-refractivity contribution in [3.63, 3.8) is 0 Å². The van der Waals surface area contributed by atoms with Gasteiger partial charge in [0.15, 0.2) is 0 Å². The van der Waals surface area contributed by atoms with Crippen molar-refractivity contribution < 1.29 is 8.42 Å². The maximum absolute atomic E-state index is 12.4. The number of sulfonamides is 1. The molecule has 98 valence electrons. The first-order valence-electron chi connectivity index (χ1n) is 5.69. The summed E-state index contributed by atoms with van der Waals surface area (Å²) in [6.45, 7) is 6.97. The molecule has 1 aromatic heterocycles. The van der Waals surface area contributed by atoms with Crippen LogP contribution in [0.25, 0.3) is 0 Å². The molecule has 0 N–H and O–H groups in total. The second-order valence-electron chi connectivity index (χ2n) is 3.87. The number of thiophene rings is 1. The SMILES string of the molecule is CCCCN(CC)S(=O)(=O)c1cc(C)c(Br)s1. The molecule has 17 heavy (non-hydrogen) atoms. The van der Waals surface area contributed by atoms with Crippen LogP contribution in [0.15, 0.2) is 14.1 Å². The minimum Gasteiger partial charge on any atom is -0.206 e. The minimum atomic E-state index is -3.30. The van der Waals surface area contributed by atoms with E-state index in [1.165, 1.54) is 11.3 Å². The van der Waals surface area contributed by atoms with Gasteiger partial charge < -0.3 is 0 Å². The van der Waals surface area contributed by atoms with Crippen LogP contribution in [0.1, 0.15) is 32.3 Å². The zero-order chi connectivity index (χ0) is 13.1. The fraction of sp³-hybridized carbons (Fsp3) is 0.636. The van der Waals surface area contributed by atoms with Crippen LogP contribution in [0.2, 0.25) is 0 Å². The summed E-state index contributed by atoms with van der Waals surface area (Å²) in [4.78, 5) is 0. The number of unbranched alkanes of at least 4 members (excludes halogenated alkanes) is 1. The Kier molecular flexibility index (Phi) is 5.63. The maximum Gasteiger partial charge on any atom is 0.252 e. The first kappa shape index (κ1) is 15.1. The maximum atomic E-state index is 12.4. The average Bonchev–Trinajstić information content (AvgIpc) is 2.61. The summed E-state index contributed by atoms with van der Waals surface area (Å²) >= 11 is 4.65. The summed E-state index contributed by atoms with van der Waals surface area (Å²) in [7, 11) is -3.30. The van der Waals surface area contributed by atoms with Crippen LogP contribution in [-0.4, -0.2) is 25.8 Å². The van der Waals surface area contributed by atoms with E-state index in [1.54, 1.807) is 10.4 Å². The topological polar surface area (TPSA) is 37.4 Å². The van der Waals surface area contributed by atoms with Crippen molar-refractivity contribution in [2.24, 2.45) is 0 Å². The Hall–Kier alpha value is 0.0900. The van der Waals surface area contributed by atoms with E-state index in [2.05, 4.69) is 22.9 Å². The third-order valence-corrected chi connectivity index (χ3v) is 7.10. The second kappa shape index (κ2) is 6.31. The molecule has 6 heteroatoms. The highest BCUT2D eigenvalue weighted by Gasteiger charge is 2.25. The molecule has 0 bridgehead atoms. The number of rotatable bonds is 6. The van der Waals surface area contributed by atoms with Crippen LogP contribution >= 0.6 is 27.3 Å². The van der Waals surface area contributed by atoms with Gasteiger partial charge >= 0.3 is 0 Å². The van der Waals surface area contributed by atoms with Crippen molar-refractivity contribution in [2.75, 3.05) is 13.1 Å². The molecule has 0 spiro atoms. The van der Waals surface area contributed by atoms with E-state index in [9.17, 15) is 8.42 Å². The molecule has 0 unspecified atom stereocenters. The van der Waals surface area contributed by atoms with Gasteiger partial charge in [-0.1, -0.05) is 20.3 Å². The lowest BCUT2D eigenvalue weighted by atomic mass is 10.3. The summed E-state index contributed by atoms with van der Waals surface area (Å²) < 4.78 is 27.6. The molecular formula is C11H18BrNO2S2. The molecule has 0 saturated carbocycles. The van der Waals surface area contributed by atoms with Crippen molar-refractivity contribution in [3.05, 3.63) is 15.4 Å².